The van der Waals surface area contributed by atoms with Gasteiger partial charge in [-0.1, -0.05) is 37.6 Å². The second-order valence-corrected chi connectivity index (χ2v) is 8.49. The number of carbonyl (C=O) groups excluding carboxylic acids is 2. The van der Waals surface area contributed by atoms with Crippen molar-refractivity contribution in [3.05, 3.63) is 88.1 Å². The van der Waals surface area contributed by atoms with Crippen molar-refractivity contribution < 1.29 is 23.5 Å². The first-order valence-corrected chi connectivity index (χ1v) is 11.8. The molecule has 0 saturated heterocycles. The molecule has 0 saturated carbocycles. The third-order valence-corrected chi connectivity index (χ3v) is 5.96. The van der Waals surface area contributed by atoms with E-state index in [0.29, 0.717) is 50.4 Å². The molecule has 1 heterocycles. The van der Waals surface area contributed by atoms with Crippen LogP contribution in [0.2, 0.25) is 0 Å². The van der Waals surface area contributed by atoms with Crippen molar-refractivity contribution in [3.8, 4) is 11.5 Å². The summed E-state index contributed by atoms with van der Waals surface area (Å²) in [7, 11) is 1.55. The fourth-order valence-corrected chi connectivity index (χ4v) is 4.10. The molecule has 1 amide bonds. The van der Waals surface area contributed by atoms with Gasteiger partial charge >= 0.3 is 0 Å². The number of anilines is 1. The summed E-state index contributed by atoms with van der Waals surface area (Å²) >= 11 is 3.41. The molecule has 1 N–H and O–H groups in total. The predicted molar refractivity (Wildman–Crippen MR) is 135 cm³/mol. The van der Waals surface area contributed by atoms with Gasteiger partial charge in [0.1, 0.15) is 17.1 Å². The van der Waals surface area contributed by atoms with Gasteiger partial charge < -0.3 is 19.2 Å². The SMILES string of the molecule is CCCCOc1ccccc1C(=O)Nc1c(C(=O)c2ccc(OC)c(Br)c2)oc2ccccc12. The Kier molecular flexibility index (Phi) is 7.33. The van der Waals surface area contributed by atoms with E-state index in [0.717, 1.165) is 12.8 Å². The Morgan fingerprint density at radius 3 is 2.53 bits per heavy atom. The molecule has 0 aliphatic carbocycles. The molecule has 0 unspecified atom stereocenters. The average molecular weight is 522 g/mol. The largest absolute Gasteiger partial charge is 0.496 e. The summed E-state index contributed by atoms with van der Waals surface area (Å²) < 4.78 is 17.6. The van der Waals surface area contributed by atoms with Crippen LogP contribution in [-0.4, -0.2) is 25.4 Å². The molecule has 0 aliphatic heterocycles. The molecule has 3 aromatic carbocycles. The number of nitrogens with one attached hydrogen (secondary N) is 1. The van der Waals surface area contributed by atoms with Gasteiger partial charge in [0.25, 0.3) is 5.91 Å². The van der Waals surface area contributed by atoms with Crippen molar-refractivity contribution in [1.29, 1.82) is 0 Å². The van der Waals surface area contributed by atoms with Crippen LogP contribution in [-0.2, 0) is 0 Å². The topological polar surface area (TPSA) is 77.8 Å². The van der Waals surface area contributed by atoms with Crippen molar-refractivity contribution in [2.45, 2.75) is 19.8 Å². The molecule has 0 fully saturated rings. The van der Waals surface area contributed by atoms with Crippen molar-refractivity contribution >= 4 is 44.3 Å². The number of halogens is 1. The molecule has 174 valence electrons. The Morgan fingerprint density at radius 1 is 1.00 bits per heavy atom. The number of unbranched alkanes of at least 4 members (excludes halogenated alkanes) is 1. The second kappa shape index (κ2) is 10.6. The normalized spacial score (nSPS) is 10.8. The van der Waals surface area contributed by atoms with Gasteiger partial charge in [0.15, 0.2) is 5.76 Å². The van der Waals surface area contributed by atoms with Crippen LogP contribution in [0, 0.1) is 0 Å². The molecule has 0 bridgehead atoms. The van der Waals surface area contributed by atoms with Crippen LogP contribution in [0.25, 0.3) is 11.0 Å². The minimum atomic E-state index is -0.386. The first kappa shape index (κ1) is 23.6. The summed E-state index contributed by atoms with van der Waals surface area (Å²) in [5.74, 6) is 0.407. The number of furan rings is 1. The lowest BCUT2D eigenvalue weighted by Gasteiger charge is -2.12. The number of methoxy groups -OCH3 is 1. The van der Waals surface area contributed by atoms with E-state index in [2.05, 4.69) is 28.2 Å². The van der Waals surface area contributed by atoms with E-state index in [-0.39, 0.29) is 17.5 Å². The quantitative estimate of drug-likeness (QED) is 0.192. The molecule has 0 spiro atoms. The number of carbonyl (C=O) groups is 2. The zero-order valence-electron chi connectivity index (χ0n) is 18.9. The highest BCUT2D eigenvalue weighted by Crippen LogP contribution is 2.35. The van der Waals surface area contributed by atoms with E-state index in [1.165, 1.54) is 0 Å². The van der Waals surface area contributed by atoms with Gasteiger partial charge in [-0.05, 0) is 64.8 Å². The number of amides is 1. The van der Waals surface area contributed by atoms with Crippen molar-refractivity contribution in [3.63, 3.8) is 0 Å². The number of para-hydroxylation sites is 2. The minimum absolute atomic E-state index is 0.0519. The Labute approximate surface area is 206 Å². The van der Waals surface area contributed by atoms with E-state index in [1.54, 1.807) is 55.6 Å². The summed E-state index contributed by atoms with van der Waals surface area (Å²) in [5, 5.41) is 3.53. The number of rotatable bonds is 9. The highest BCUT2D eigenvalue weighted by Gasteiger charge is 2.25. The highest BCUT2D eigenvalue weighted by atomic mass is 79.9. The van der Waals surface area contributed by atoms with Crippen molar-refractivity contribution in [2.75, 3.05) is 19.0 Å². The fourth-order valence-electron chi connectivity index (χ4n) is 3.56. The molecule has 0 atom stereocenters. The van der Waals surface area contributed by atoms with Crippen LogP contribution < -0.4 is 14.8 Å². The van der Waals surface area contributed by atoms with Gasteiger partial charge in [-0.15, -0.1) is 0 Å². The lowest BCUT2D eigenvalue weighted by atomic mass is 10.1. The van der Waals surface area contributed by atoms with Gasteiger partial charge in [-0.3, -0.25) is 9.59 Å². The molecule has 0 aliphatic rings. The summed E-state index contributed by atoms with van der Waals surface area (Å²) in [5.41, 5.74) is 1.60. The molecule has 1 aromatic heterocycles. The zero-order chi connectivity index (χ0) is 24.1. The maximum Gasteiger partial charge on any atom is 0.259 e. The second-order valence-electron chi connectivity index (χ2n) is 7.63. The van der Waals surface area contributed by atoms with Gasteiger partial charge in [-0.2, -0.15) is 0 Å². The molecular weight excluding hydrogens is 498 g/mol. The predicted octanol–water partition coefficient (Wildman–Crippen LogP) is 6.87. The molecule has 4 aromatic rings. The zero-order valence-corrected chi connectivity index (χ0v) is 20.5. The van der Waals surface area contributed by atoms with Crippen LogP contribution in [0.1, 0.15) is 46.2 Å². The van der Waals surface area contributed by atoms with E-state index < -0.39 is 0 Å². The molecular formula is C27H24BrNO5. The van der Waals surface area contributed by atoms with E-state index in [1.807, 2.05) is 18.2 Å². The fraction of sp³-hybridized carbons (Fsp3) is 0.185. The lowest BCUT2D eigenvalue weighted by Crippen LogP contribution is -2.16. The molecule has 34 heavy (non-hydrogen) atoms. The monoisotopic (exact) mass is 521 g/mol. The molecule has 4 rings (SSSR count). The van der Waals surface area contributed by atoms with Crippen LogP contribution in [0.5, 0.6) is 11.5 Å². The van der Waals surface area contributed by atoms with Crippen molar-refractivity contribution in [2.24, 2.45) is 0 Å². The van der Waals surface area contributed by atoms with E-state index >= 15 is 0 Å². The summed E-state index contributed by atoms with van der Waals surface area (Å²) in [4.78, 5) is 26.7. The highest BCUT2D eigenvalue weighted by molar-refractivity contribution is 9.10. The number of ether oxygens (including phenoxy) is 2. The van der Waals surface area contributed by atoms with Crippen LogP contribution in [0.15, 0.2) is 75.6 Å². The number of hydrogen-bond acceptors (Lipinski definition) is 5. The number of ketones is 1. The Balaban J connectivity index is 1.71. The summed E-state index contributed by atoms with van der Waals surface area (Å²) in [6.07, 6.45) is 1.88. The van der Waals surface area contributed by atoms with Gasteiger partial charge in [0.05, 0.1) is 29.4 Å². The Hall–Kier alpha value is -3.58. The third-order valence-electron chi connectivity index (χ3n) is 5.34. The Morgan fingerprint density at radius 2 is 1.76 bits per heavy atom. The smallest absolute Gasteiger partial charge is 0.259 e. The molecule has 0 radical (unpaired) electrons. The standard InChI is InChI=1S/C27H24BrNO5/c1-3-4-15-33-21-11-7-6-10-19(21)27(31)29-24-18-9-5-8-12-22(18)34-26(24)25(30)17-13-14-23(32-2)20(28)16-17/h5-14,16H,3-4,15H2,1-2H3,(H,29,31). The van der Waals surface area contributed by atoms with Gasteiger partial charge in [0, 0.05) is 10.9 Å². The number of hydrogen-bond donors (Lipinski definition) is 1. The minimum Gasteiger partial charge on any atom is -0.496 e. The van der Waals surface area contributed by atoms with Crippen molar-refractivity contribution in [1.82, 2.24) is 0 Å². The first-order chi connectivity index (χ1) is 16.5. The average Bonchev–Trinajstić information content (AvgIpc) is 3.22. The van der Waals surface area contributed by atoms with E-state index in [9.17, 15) is 9.59 Å². The number of benzene rings is 3. The van der Waals surface area contributed by atoms with Gasteiger partial charge in [-0.25, -0.2) is 0 Å². The number of fused-ring (bicyclic) bond motifs is 1. The Bertz CT molecular complexity index is 1340. The van der Waals surface area contributed by atoms with Crippen LogP contribution in [0.4, 0.5) is 5.69 Å². The lowest BCUT2D eigenvalue weighted by molar-refractivity contribution is 0.101. The van der Waals surface area contributed by atoms with Gasteiger partial charge in [0.2, 0.25) is 5.78 Å². The van der Waals surface area contributed by atoms with Crippen LogP contribution in [0.3, 0.4) is 0 Å². The molecule has 6 nitrogen and oxygen atoms in total. The summed E-state index contributed by atoms with van der Waals surface area (Å²) in [6, 6.07) is 19.3. The van der Waals surface area contributed by atoms with Crippen LogP contribution >= 0.6 is 15.9 Å². The third kappa shape index (κ3) is 4.84. The maximum absolute atomic E-state index is 13.4. The first-order valence-electron chi connectivity index (χ1n) is 11.0. The summed E-state index contributed by atoms with van der Waals surface area (Å²) in [6.45, 7) is 2.59. The maximum atomic E-state index is 13.4. The van der Waals surface area contributed by atoms with E-state index in [4.69, 9.17) is 13.9 Å². The molecule has 7 heteroatoms.